The van der Waals surface area contributed by atoms with Gasteiger partial charge in [0.2, 0.25) is 0 Å². The molecule has 0 aliphatic rings. The van der Waals surface area contributed by atoms with Crippen LogP contribution in [0.1, 0.15) is 5.69 Å². The molecular formula is C13H12NO+. The van der Waals surface area contributed by atoms with Crippen molar-refractivity contribution in [3.63, 3.8) is 0 Å². The highest BCUT2D eigenvalue weighted by Crippen LogP contribution is 2.25. The lowest BCUT2D eigenvalue weighted by atomic mass is 10.2. The summed E-state index contributed by atoms with van der Waals surface area (Å²) in [7, 11) is 2.03. The van der Waals surface area contributed by atoms with Crippen molar-refractivity contribution in [2.75, 3.05) is 0 Å². The van der Waals surface area contributed by atoms with E-state index in [-0.39, 0.29) is 0 Å². The lowest BCUT2D eigenvalue weighted by Gasteiger charge is -1.91. The maximum absolute atomic E-state index is 5.83. The van der Waals surface area contributed by atoms with Crippen molar-refractivity contribution in [3.05, 3.63) is 42.1 Å². The fourth-order valence-electron chi connectivity index (χ4n) is 1.94. The lowest BCUT2D eigenvalue weighted by Crippen LogP contribution is -2.31. The van der Waals surface area contributed by atoms with Gasteiger partial charge in [-0.25, -0.2) is 0 Å². The molecule has 0 N–H and O–H groups in total. The maximum atomic E-state index is 5.83. The van der Waals surface area contributed by atoms with E-state index in [0.717, 1.165) is 11.3 Å². The largest absolute Gasteiger partial charge is 0.404 e. The Kier molecular flexibility index (Phi) is 1.60. The molecule has 0 fully saturated rings. The first kappa shape index (κ1) is 8.48. The van der Waals surface area contributed by atoms with Gasteiger partial charge in [-0.05, 0) is 12.1 Å². The van der Waals surface area contributed by atoms with Gasteiger partial charge in [-0.2, -0.15) is 4.57 Å². The summed E-state index contributed by atoms with van der Waals surface area (Å²) in [6.07, 6.45) is 0. The number of para-hydroxylation sites is 1. The summed E-state index contributed by atoms with van der Waals surface area (Å²) in [5, 5.41) is 2.36. The third kappa shape index (κ3) is 1.08. The number of aryl methyl sites for hydroxylation is 2. The van der Waals surface area contributed by atoms with E-state index in [9.17, 15) is 0 Å². The van der Waals surface area contributed by atoms with Gasteiger partial charge in [0.1, 0.15) is 12.6 Å². The van der Waals surface area contributed by atoms with Gasteiger partial charge in [0.15, 0.2) is 5.69 Å². The zero-order valence-electron chi connectivity index (χ0n) is 8.82. The van der Waals surface area contributed by atoms with Crippen molar-refractivity contribution in [1.29, 1.82) is 0 Å². The predicted octanol–water partition coefficient (Wildman–Crippen LogP) is 2.72. The highest BCUT2D eigenvalue weighted by Gasteiger charge is 2.15. The van der Waals surface area contributed by atoms with Gasteiger partial charge in [-0.15, -0.1) is 0 Å². The van der Waals surface area contributed by atoms with E-state index in [1.807, 2.05) is 25.2 Å². The number of benzene rings is 1. The molecule has 3 aromatic rings. The third-order valence-electron chi connectivity index (χ3n) is 2.94. The van der Waals surface area contributed by atoms with Crippen LogP contribution >= 0.6 is 0 Å². The standard InChI is InChI=1S/C13H12NO/c1-9-7-8-11-10-5-3-4-6-12(10)15-13(11)14(9)2/h3-8H,1-2H3/q+1. The molecule has 0 radical (unpaired) electrons. The topological polar surface area (TPSA) is 17.0 Å². The second-order valence-electron chi connectivity index (χ2n) is 3.85. The molecular weight excluding hydrogens is 186 g/mol. The first-order chi connectivity index (χ1) is 7.27. The van der Waals surface area contributed by atoms with E-state index in [1.54, 1.807) is 0 Å². The third-order valence-corrected chi connectivity index (χ3v) is 2.94. The van der Waals surface area contributed by atoms with E-state index < -0.39 is 0 Å². The second-order valence-corrected chi connectivity index (χ2v) is 3.85. The average molecular weight is 198 g/mol. The van der Waals surface area contributed by atoms with Crippen LogP contribution in [0.2, 0.25) is 0 Å². The van der Waals surface area contributed by atoms with Crippen molar-refractivity contribution in [3.8, 4) is 0 Å². The van der Waals surface area contributed by atoms with E-state index in [2.05, 4.69) is 29.7 Å². The molecule has 0 aliphatic heterocycles. The maximum Gasteiger partial charge on any atom is 0.381 e. The summed E-state index contributed by atoms with van der Waals surface area (Å²) >= 11 is 0. The van der Waals surface area contributed by atoms with Gasteiger partial charge in [0, 0.05) is 18.4 Å². The summed E-state index contributed by atoms with van der Waals surface area (Å²) in [4.78, 5) is 0. The van der Waals surface area contributed by atoms with Crippen molar-refractivity contribution >= 4 is 22.1 Å². The zero-order chi connectivity index (χ0) is 10.4. The zero-order valence-corrected chi connectivity index (χ0v) is 8.82. The van der Waals surface area contributed by atoms with E-state index in [0.29, 0.717) is 0 Å². The summed E-state index contributed by atoms with van der Waals surface area (Å²) in [6, 6.07) is 12.4. The molecule has 0 amide bonds. The molecule has 0 saturated carbocycles. The molecule has 0 saturated heterocycles. The SMILES string of the molecule is Cc1ccc2c3ccccc3oc2[n+]1C. The van der Waals surface area contributed by atoms with Crippen molar-refractivity contribution in [2.45, 2.75) is 6.92 Å². The summed E-state index contributed by atoms with van der Waals surface area (Å²) in [5.74, 6) is 0. The minimum absolute atomic E-state index is 0.941. The highest BCUT2D eigenvalue weighted by molar-refractivity contribution is 6.02. The normalized spacial score (nSPS) is 11.3. The molecule has 2 heterocycles. The molecule has 0 bridgehead atoms. The van der Waals surface area contributed by atoms with E-state index >= 15 is 0 Å². The number of nitrogens with zero attached hydrogens (tertiary/aromatic N) is 1. The van der Waals surface area contributed by atoms with Gasteiger partial charge in [0.05, 0.1) is 5.39 Å². The Labute approximate surface area is 87.7 Å². The lowest BCUT2D eigenvalue weighted by molar-refractivity contribution is -0.657. The summed E-state index contributed by atoms with van der Waals surface area (Å²) < 4.78 is 7.91. The molecule has 0 aliphatic carbocycles. The van der Waals surface area contributed by atoms with Gasteiger partial charge >= 0.3 is 5.71 Å². The number of hydrogen-bond acceptors (Lipinski definition) is 1. The number of hydrogen-bond donors (Lipinski definition) is 0. The summed E-state index contributed by atoms with van der Waals surface area (Å²) in [5.41, 5.74) is 3.09. The number of fused-ring (bicyclic) bond motifs is 3. The Morgan fingerprint density at radius 2 is 1.80 bits per heavy atom. The van der Waals surface area contributed by atoms with Gasteiger partial charge in [0.25, 0.3) is 0 Å². The molecule has 15 heavy (non-hydrogen) atoms. The molecule has 2 heteroatoms. The number of pyridine rings is 1. The van der Waals surface area contributed by atoms with Crippen LogP contribution in [0.25, 0.3) is 22.1 Å². The first-order valence-corrected chi connectivity index (χ1v) is 5.04. The quantitative estimate of drug-likeness (QED) is 0.507. The molecule has 2 nitrogen and oxygen atoms in total. The molecule has 0 atom stereocenters. The molecule has 1 aromatic carbocycles. The van der Waals surface area contributed by atoms with Crippen molar-refractivity contribution in [1.82, 2.24) is 0 Å². The minimum Gasteiger partial charge on any atom is -0.404 e. The van der Waals surface area contributed by atoms with Gasteiger partial charge in [-0.1, -0.05) is 18.2 Å². The van der Waals surface area contributed by atoms with Crippen LogP contribution in [0.4, 0.5) is 0 Å². The Bertz CT molecular complexity index is 652. The molecule has 3 rings (SSSR count). The molecule has 0 unspecified atom stereocenters. The van der Waals surface area contributed by atoms with Crippen LogP contribution in [-0.4, -0.2) is 0 Å². The molecule has 2 aromatic heterocycles. The Morgan fingerprint density at radius 3 is 2.67 bits per heavy atom. The molecule has 0 spiro atoms. The van der Waals surface area contributed by atoms with E-state index in [1.165, 1.54) is 16.5 Å². The monoisotopic (exact) mass is 198 g/mol. The van der Waals surface area contributed by atoms with E-state index in [4.69, 9.17) is 4.42 Å². The fraction of sp³-hybridized carbons (Fsp3) is 0.154. The van der Waals surface area contributed by atoms with Crippen LogP contribution in [-0.2, 0) is 7.05 Å². The average Bonchev–Trinajstić information content (AvgIpc) is 2.63. The van der Waals surface area contributed by atoms with Crippen LogP contribution < -0.4 is 4.57 Å². The van der Waals surface area contributed by atoms with Crippen molar-refractivity contribution < 1.29 is 8.98 Å². The summed E-state index contributed by atoms with van der Waals surface area (Å²) in [6.45, 7) is 2.08. The Hall–Kier alpha value is -1.83. The van der Waals surface area contributed by atoms with Crippen molar-refractivity contribution in [2.24, 2.45) is 7.05 Å². The fourth-order valence-corrected chi connectivity index (χ4v) is 1.94. The van der Waals surface area contributed by atoms with Gasteiger partial charge in [-0.3, -0.25) is 0 Å². The smallest absolute Gasteiger partial charge is 0.381 e. The minimum atomic E-state index is 0.941. The number of rotatable bonds is 0. The Balaban J connectivity index is 2.60. The van der Waals surface area contributed by atoms with Crippen LogP contribution in [0.15, 0.2) is 40.8 Å². The number of aromatic nitrogens is 1. The number of furan rings is 1. The van der Waals surface area contributed by atoms with Crippen LogP contribution in [0.5, 0.6) is 0 Å². The van der Waals surface area contributed by atoms with Crippen LogP contribution in [0.3, 0.4) is 0 Å². The Morgan fingerprint density at radius 1 is 1.00 bits per heavy atom. The predicted molar refractivity (Wildman–Crippen MR) is 59.6 cm³/mol. The second kappa shape index (κ2) is 2.83. The highest BCUT2D eigenvalue weighted by atomic mass is 16.3. The first-order valence-electron chi connectivity index (χ1n) is 5.04. The van der Waals surface area contributed by atoms with Crippen LogP contribution in [0, 0.1) is 6.92 Å². The van der Waals surface area contributed by atoms with Gasteiger partial charge < -0.3 is 4.42 Å². The molecule has 74 valence electrons.